The zero-order chi connectivity index (χ0) is 19.5. The first-order valence-corrected chi connectivity index (χ1v) is 10.4. The van der Waals surface area contributed by atoms with Crippen molar-refractivity contribution in [3.05, 3.63) is 53.3 Å². The van der Waals surface area contributed by atoms with Gasteiger partial charge in [-0.15, -0.1) is 11.3 Å². The molecule has 0 bridgehead atoms. The van der Waals surface area contributed by atoms with Crippen LogP contribution >= 0.6 is 11.3 Å². The SMILES string of the molecule is Cc1cc(N2CCN(Cc3ncc(-c4ccccc4)s3)CC2)nc(N(C)C)n1. The fourth-order valence-electron chi connectivity index (χ4n) is 3.34. The largest absolute Gasteiger partial charge is 0.354 e. The van der Waals surface area contributed by atoms with Gasteiger partial charge in [0.15, 0.2) is 0 Å². The lowest BCUT2D eigenvalue weighted by atomic mass is 10.2. The topological polar surface area (TPSA) is 48.4 Å². The summed E-state index contributed by atoms with van der Waals surface area (Å²) in [5.41, 5.74) is 2.25. The molecular weight excluding hydrogens is 368 g/mol. The number of thiazole rings is 1. The lowest BCUT2D eigenvalue weighted by molar-refractivity contribution is 0.249. The summed E-state index contributed by atoms with van der Waals surface area (Å²) in [6, 6.07) is 12.6. The van der Waals surface area contributed by atoms with Gasteiger partial charge in [-0.05, 0) is 12.5 Å². The Balaban J connectivity index is 1.37. The molecule has 3 heterocycles. The number of aromatic nitrogens is 3. The highest BCUT2D eigenvalue weighted by Gasteiger charge is 2.20. The summed E-state index contributed by atoms with van der Waals surface area (Å²) >= 11 is 1.79. The van der Waals surface area contributed by atoms with Crippen molar-refractivity contribution in [1.82, 2.24) is 19.9 Å². The van der Waals surface area contributed by atoms with Crippen molar-refractivity contribution < 1.29 is 0 Å². The first-order valence-electron chi connectivity index (χ1n) is 9.59. The third-order valence-electron chi connectivity index (χ3n) is 4.90. The third-order valence-corrected chi connectivity index (χ3v) is 5.93. The van der Waals surface area contributed by atoms with E-state index in [1.165, 1.54) is 15.4 Å². The second-order valence-electron chi connectivity index (χ2n) is 7.31. The predicted molar refractivity (Wildman–Crippen MR) is 116 cm³/mol. The Kier molecular flexibility index (Phi) is 5.54. The average Bonchev–Trinajstić information content (AvgIpc) is 3.17. The maximum absolute atomic E-state index is 4.71. The van der Waals surface area contributed by atoms with Crippen LogP contribution in [-0.4, -0.2) is 60.1 Å². The second kappa shape index (κ2) is 8.24. The van der Waals surface area contributed by atoms with Gasteiger partial charge in [0.05, 0.1) is 11.4 Å². The lowest BCUT2D eigenvalue weighted by Gasteiger charge is -2.35. The van der Waals surface area contributed by atoms with E-state index in [2.05, 4.69) is 50.1 Å². The van der Waals surface area contributed by atoms with E-state index in [-0.39, 0.29) is 0 Å². The van der Waals surface area contributed by atoms with Gasteiger partial charge in [-0.25, -0.2) is 9.97 Å². The number of anilines is 2. The predicted octanol–water partition coefficient (Wildman–Crippen LogP) is 3.30. The molecule has 146 valence electrons. The van der Waals surface area contributed by atoms with E-state index in [1.54, 1.807) is 11.3 Å². The number of piperazine rings is 1. The van der Waals surface area contributed by atoms with E-state index in [0.717, 1.165) is 50.2 Å². The summed E-state index contributed by atoms with van der Waals surface area (Å²) in [5, 5.41) is 1.18. The zero-order valence-electron chi connectivity index (χ0n) is 16.7. The Morgan fingerprint density at radius 1 is 1.04 bits per heavy atom. The highest BCUT2D eigenvalue weighted by atomic mass is 32.1. The minimum absolute atomic E-state index is 0.772. The average molecular weight is 395 g/mol. The van der Waals surface area contributed by atoms with Crippen LogP contribution in [0.1, 0.15) is 10.7 Å². The van der Waals surface area contributed by atoms with E-state index in [0.29, 0.717) is 0 Å². The number of benzene rings is 1. The third kappa shape index (κ3) is 4.31. The van der Waals surface area contributed by atoms with Gasteiger partial charge >= 0.3 is 0 Å². The summed E-state index contributed by atoms with van der Waals surface area (Å²) in [7, 11) is 3.96. The van der Waals surface area contributed by atoms with Crippen LogP contribution in [0, 0.1) is 6.92 Å². The maximum atomic E-state index is 4.71. The molecule has 28 heavy (non-hydrogen) atoms. The smallest absolute Gasteiger partial charge is 0.226 e. The molecule has 0 amide bonds. The van der Waals surface area contributed by atoms with Crippen LogP contribution in [0.4, 0.5) is 11.8 Å². The van der Waals surface area contributed by atoms with Crippen LogP contribution in [0.2, 0.25) is 0 Å². The van der Waals surface area contributed by atoms with Crippen molar-refractivity contribution >= 4 is 23.1 Å². The molecule has 0 radical (unpaired) electrons. The molecule has 1 aliphatic heterocycles. The highest BCUT2D eigenvalue weighted by molar-refractivity contribution is 7.15. The monoisotopic (exact) mass is 394 g/mol. The molecule has 4 rings (SSSR count). The van der Waals surface area contributed by atoms with Crippen LogP contribution in [0.5, 0.6) is 0 Å². The van der Waals surface area contributed by atoms with Crippen LogP contribution < -0.4 is 9.80 Å². The molecule has 0 spiro atoms. The molecule has 1 aliphatic rings. The Bertz CT molecular complexity index is 916. The van der Waals surface area contributed by atoms with Gasteiger partial charge < -0.3 is 9.80 Å². The van der Waals surface area contributed by atoms with Gasteiger partial charge in [0, 0.05) is 58.2 Å². The van der Waals surface area contributed by atoms with Crippen molar-refractivity contribution in [2.24, 2.45) is 0 Å². The van der Waals surface area contributed by atoms with Gasteiger partial charge in [-0.1, -0.05) is 30.3 Å². The molecule has 2 aromatic heterocycles. The van der Waals surface area contributed by atoms with Gasteiger partial charge in [-0.3, -0.25) is 4.90 Å². The molecule has 7 heteroatoms. The number of nitrogens with zero attached hydrogens (tertiary/aromatic N) is 6. The van der Waals surface area contributed by atoms with E-state index in [4.69, 9.17) is 4.98 Å². The number of hydrogen-bond acceptors (Lipinski definition) is 7. The van der Waals surface area contributed by atoms with Gasteiger partial charge in [0.2, 0.25) is 5.95 Å². The highest BCUT2D eigenvalue weighted by Crippen LogP contribution is 2.27. The quantitative estimate of drug-likeness (QED) is 0.662. The van der Waals surface area contributed by atoms with E-state index >= 15 is 0 Å². The first-order chi connectivity index (χ1) is 13.6. The zero-order valence-corrected chi connectivity index (χ0v) is 17.5. The molecule has 1 fully saturated rings. The summed E-state index contributed by atoms with van der Waals surface area (Å²) < 4.78 is 0. The van der Waals surface area contributed by atoms with Gasteiger partial charge in [-0.2, -0.15) is 4.98 Å². The minimum Gasteiger partial charge on any atom is -0.354 e. The number of rotatable bonds is 5. The van der Waals surface area contributed by atoms with Crippen LogP contribution in [0.25, 0.3) is 10.4 Å². The Morgan fingerprint density at radius 2 is 1.79 bits per heavy atom. The lowest BCUT2D eigenvalue weighted by Crippen LogP contribution is -2.46. The van der Waals surface area contributed by atoms with Gasteiger partial charge in [0.25, 0.3) is 0 Å². The molecule has 0 atom stereocenters. The summed E-state index contributed by atoms with van der Waals surface area (Å²) in [6.07, 6.45) is 2.00. The van der Waals surface area contributed by atoms with E-state index in [9.17, 15) is 0 Å². The Hall–Kier alpha value is -2.51. The van der Waals surface area contributed by atoms with Crippen LogP contribution in [-0.2, 0) is 6.54 Å². The molecule has 1 saturated heterocycles. The van der Waals surface area contributed by atoms with Crippen LogP contribution in [0.15, 0.2) is 42.6 Å². The fourth-order valence-corrected chi connectivity index (χ4v) is 4.31. The summed E-state index contributed by atoms with van der Waals surface area (Å²) in [5.74, 6) is 1.80. The Labute approximate surface area is 170 Å². The maximum Gasteiger partial charge on any atom is 0.226 e. The summed E-state index contributed by atoms with van der Waals surface area (Å²) in [6.45, 7) is 6.92. The van der Waals surface area contributed by atoms with Crippen molar-refractivity contribution in [2.45, 2.75) is 13.5 Å². The molecule has 0 N–H and O–H groups in total. The molecule has 0 unspecified atom stereocenters. The number of hydrogen-bond donors (Lipinski definition) is 0. The van der Waals surface area contributed by atoms with Crippen molar-refractivity contribution in [3.8, 4) is 10.4 Å². The fraction of sp³-hybridized carbons (Fsp3) is 0.381. The van der Waals surface area contributed by atoms with Crippen molar-refractivity contribution in [2.75, 3.05) is 50.1 Å². The first kappa shape index (κ1) is 18.8. The molecule has 3 aromatic rings. The standard InChI is InChI=1S/C21H26N6S/c1-16-13-19(24-21(23-16)25(2)3)27-11-9-26(10-12-27)15-20-22-14-18(28-20)17-7-5-4-6-8-17/h4-8,13-14H,9-12,15H2,1-3H3. The van der Waals surface area contributed by atoms with Crippen molar-refractivity contribution in [3.63, 3.8) is 0 Å². The normalized spacial score (nSPS) is 15.0. The molecule has 0 aliphatic carbocycles. The van der Waals surface area contributed by atoms with E-state index in [1.807, 2.05) is 38.2 Å². The molecular formula is C21H26N6S. The van der Waals surface area contributed by atoms with E-state index < -0.39 is 0 Å². The second-order valence-corrected chi connectivity index (χ2v) is 8.42. The number of aryl methyl sites for hydroxylation is 1. The molecule has 6 nitrogen and oxygen atoms in total. The van der Waals surface area contributed by atoms with Crippen molar-refractivity contribution in [1.29, 1.82) is 0 Å². The molecule has 1 aromatic carbocycles. The summed E-state index contributed by atoms with van der Waals surface area (Å²) in [4.78, 5) is 21.9. The molecule has 0 saturated carbocycles. The minimum atomic E-state index is 0.772. The Morgan fingerprint density at radius 3 is 2.50 bits per heavy atom. The van der Waals surface area contributed by atoms with Crippen LogP contribution in [0.3, 0.4) is 0 Å². The van der Waals surface area contributed by atoms with Gasteiger partial charge in [0.1, 0.15) is 10.8 Å².